The smallest absolute Gasteiger partial charge is 0.0601 e. The Morgan fingerprint density at radius 2 is 2.14 bits per heavy atom. The molecule has 0 aromatic heterocycles. The molecule has 1 heterocycles. The highest BCUT2D eigenvalue weighted by molar-refractivity contribution is 4.90. The van der Waals surface area contributed by atoms with Gasteiger partial charge in [0.15, 0.2) is 0 Å². The fourth-order valence-electron chi connectivity index (χ4n) is 2.23. The van der Waals surface area contributed by atoms with Gasteiger partial charge in [-0.2, -0.15) is 0 Å². The zero-order valence-corrected chi connectivity index (χ0v) is 9.66. The van der Waals surface area contributed by atoms with E-state index >= 15 is 0 Å². The summed E-state index contributed by atoms with van der Waals surface area (Å²) in [5.74, 6) is 0. The molecule has 2 atom stereocenters. The summed E-state index contributed by atoms with van der Waals surface area (Å²) in [6, 6.07) is 0.260. The van der Waals surface area contributed by atoms with Gasteiger partial charge in [-0.05, 0) is 24.8 Å². The molecule has 0 aromatic rings. The molecule has 0 spiro atoms. The van der Waals surface area contributed by atoms with E-state index in [0.29, 0.717) is 5.41 Å². The SMILES string of the molecule is CCC(N)C(CO)N1CCC(C)(C)C1. The van der Waals surface area contributed by atoms with Crippen LogP contribution in [-0.4, -0.2) is 41.8 Å². The van der Waals surface area contributed by atoms with Crippen LogP contribution in [-0.2, 0) is 0 Å². The zero-order chi connectivity index (χ0) is 10.8. The Morgan fingerprint density at radius 3 is 2.50 bits per heavy atom. The molecule has 0 bridgehead atoms. The highest BCUT2D eigenvalue weighted by Crippen LogP contribution is 2.30. The maximum atomic E-state index is 9.34. The van der Waals surface area contributed by atoms with E-state index in [4.69, 9.17) is 5.73 Å². The molecule has 0 aromatic carbocycles. The van der Waals surface area contributed by atoms with E-state index in [0.717, 1.165) is 19.5 Å². The Bertz CT molecular complexity index is 182. The predicted octanol–water partition coefficient (Wildman–Crippen LogP) is 0.816. The first-order valence-corrected chi connectivity index (χ1v) is 5.60. The van der Waals surface area contributed by atoms with Crippen molar-refractivity contribution < 1.29 is 5.11 Å². The van der Waals surface area contributed by atoms with Crippen molar-refractivity contribution in [3.8, 4) is 0 Å². The fraction of sp³-hybridized carbons (Fsp3) is 1.00. The number of aliphatic hydroxyl groups excluding tert-OH is 1. The molecule has 1 saturated heterocycles. The van der Waals surface area contributed by atoms with Crippen molar-refractivity contribution in [2.24, 2.45) is 11.1 Å². The van der Waals surface area contributed by atoms with Gasteiger partial charge in [-0.25, -0.2) is 0 Å². The van der Waals surface area contributed by atoms with Crippen molar-refractivity contribution in [1.82, 2.24) is 4.90 Å². The van der Waals surface area contributed by atoms with Crippen LogP contribution >= 0.6 is 0 Å². The first-order valence-electron chi connectivity index (χ1n) is 5.60. The van der Waals surface area contributed by atoms with Crippen LogP contribution in [0.1, 0.15) is 33.6 Å². The number of hydrogen-bond acceptors (Lipinski definition) is 3. The topological polar surface area (TPSA) is 49.5 Å². The Labute approximate surface area is 87.3 Å². The average molecular weight is 200 g/mol. The first kappa shape index (κ1) is 12.0. The van der Waals surface area contributed by atoms with Gasteiger partial charge in [0.1, 0.15) is 0 Å². The largest absolute Gasteiger partial charge is 0.395 e. The van der Waals surface area contributed by atoms with Gasteiger partial charge < -0.3 is 10.8 Å². The lowest BCUT2D eigenvalue weighted by atomic mass is 9.93. The highest BCUT2D eigenvalue weighted by Gasteiger charge is 2.34. The number of aliphatic hydroxyl groups is 1. The van der Waals surface area contributed by atoms with E-state index in [-0.39, 0.29) is 18.7 Å². The lowest BCUT2D eigenvalue weighted by Gasteiger charge is -2.31. The number of nitrogens with zero attached hydrogens (tertiary/aromatic N) is 1. The third-order valence-electron chi connectivity index (χ3n) is 3.33. The van der Waals surface area contributed by atoms with Crippen LogP contribution in [0.2, 0.25) is 0 Å². The average Bonchev–Trinajstić information content (AvgIpc) is 2.47. The first-order chi connectivity index (χ1) is 6.50. The standard InChI is InChI=1S/C11H24N2O/c1-4-9(12)10(7-14)13-6-5-11(2,3)8-13/h9-10,14H,4-8,12H2,1-3H3. The zero-order valence-electron chi connectivity index (χ0n) is 9.66. The number of likely N-dealkylation sites (tertiary alicyclic amines) is 1. The molecule has 3 heteroatoms. The van der Waals surface area contributed by atoms with Gasteiger partial charge >= 0.3 is 0 Å². The molecule has 84 valence electrons. The fourth-order valence-corrected chi connectivity index (χ4v) is 2.23. The quantitative estimate of drug-likeness (QED) is 0.706. The minimum absolute atomic E-state index is 0.105. The molecule has 2 unspecified atom stereocenters. The number of nitrogens with two attached hydrogens (primary N) is 1. The van der Waals surface area contributed by atoms with Crippen LogP contribution in [0.25, 0.3) is 0 Å². The molecule has 1 rings (SSSR count). The maximum absolute atomic E-state index is 9.34. The molecular formula is C11H24N2O. The van der Waals surface area contributed by atoms with E-state index in [1.165, 1.54) is 6.42 Å². The minimum Gasteiger partial charge on any atom is -0.395 e. The summed E-state index contributed by atoms with van der Waals surface area (Å²) in [4.78, 5) is 2.34. The van der Waals surface area contributed by atoms with Gasteiger partial charge in [-0.1, -0.05) is 20.8 Å². The molecule has 0 amide bonds. The van der Waals surface area contributed by atoms with Crippen molar-refractivity contribution in [2.45, 2.75) is 45.7 Å². The van der Waals surface area contributed by atoms with E-state index < -0.39 is 0 Å². The molecule has 0 radical (unpaired) electrons. The molecule has 0 aliphatic carbocycles. The van der Waals surface area contributed by atoms with Crippen molar-refractivity contribution in [3.05, 3.63) is 0 Å². The van der Waals surface area contributed by atoms with Crippen LogP contribution in [0.3, 0.4) is 0 Å². The monoisotopic (exact) mass is 200 g/mol. The molecule has 1 aliphatic rings. The van der Waals surface area contributed by atoms with E-state index in [2.05, 4.69) is 25.7 Å². The second-order valence-electron chi connectivity index (χ2n) is 5.21. The van der Waals surface area contributed by atoms with Gasteiger partial charge in [0.05, 0.1) is 6.61 Å². The van der Waals surface area contributed by atoms with E-state index in [1.54, 1.807) is 0 Å². The summed E-state index contributed by atoms with van der Waals surface area (Å²) in [5.41, 5.74) is 6.38. The second-order valence-corrected chi connectivity index (χ2v) is 5.21. The van der Waals surface area contributed by atoms with Gasteiger partial charge in [-0.3, -0.25) is 4.90 Å². The molecule has 3 N–H and O–H groups in total. The third-order valence-corrected chi connectivity index (χ3v) is 3.33. The van der Waals surface area contributed by atoms with Crippen molar-refractivity contribution >= 4 is 0 Å². The second kappa shape index (κ2) is 4.60. The Morgan fingerprint density at radius 1 is 1.50 bits per heavy atom. The number of rotatable bonds is 4. The van der Waals surface area contributed by atoms with Crippen LogP contribution in [0, 0.1) is 5.41 Å². The third kappa shape index (κ3) is 2.69. The molecule has 1 fully saturated rings. The van der Waals surface area contributed by atoms with Crippen LogP contribution in [0.5, 0.6) is 0 Å². The van der Waals surface area contributed by atoms with Gasteiger partial charge in [0.2, 0.25) is 0 Å². The summed E-state index contributed by atoms with van der Waals surface area (Å²) in [6.07, 6.45) is 2.14. The van der Waals surface area contributed by atoms with Crippen molar-refractivity contribution in [2.75, 3.05) is 19.7 Å². The van der Waals surface area contributed by atoms with Crippen LogP contribution < -0.4 is 5.73 Å². The Kier molecular flexibility index (Phi) is 3.93. The Balaban J connectivity index is 2.55. The highest BCUT2D eigenvalue weighted by atomic mass is 16.3. The van der Waals surface area contributed by atoms with E-state index in [9.17, 15) is 5.11 Å². The summed E-state index contributed by atoms with van der Waals surface area (Å²) in [6.45, 7) is 8.95. The normalized spacial score (nSPS) is 26.4. The van der Waals surface area contributed by atoms with Gasteiger partial charge in [0, 0.05) is 18.6 Å². The summed E-state index contributed by atoms with van der Waals surface area (Å²) >= 11 is 0. The molecular weight excluding hydrogens is 176 g/mol. The van der Waals surface area contributed by atoms with E-state index in [1.807, 2.05) is 0 Å². The number of hydrogen-bond donors (Lipinski definition) is 2. The molecule has 3 nitrogen and oxygen atoms in total. The molecule has 1 aliphatic heterocycles. The minimum atomic E-state index is 0.105. The lowest BCUT2D eigenvalue weighted by molar-refractivity contribution is 0.115. The summed E-state index contributed by atoms with van der Waals surface area (Å²) < 4.78 is 0. The van der Waals surface area contributed by atoms with Crippen molar-refractivity contribution in [1.29, 1.82) is 0 Å². The van der Waals surface area contributed by atoms with Gasteiger partial charge in [-0.15, -0.1) is 0 Å². The predicted molar refractivity (Wildman–Crippen MR) is 59.1 cm³/mol. The molecule has 14 heavy (non-hydrogen) atoms. The molecule has 0 saturated carbocycles. The Hall–Kier alpha value is -0.120. The van der Waals surface area contributed by atoms with Crippen LogP contribution in [0.4, 0.5) is 0 Å². The van der Waals surface area contributed by atoms with Gasteiger partial charge in [0.25, 0.3) is 0 Å². The summed E-state index contributed by atoms with van der Waals surface area (Å²) in [7, 11) is 0. The lowest BCUT2D eigenvalue weighted by Crippen LogP contribution is -2.49. The maximum Gasteiger partial charge on any atom is 0.0601 e. The summed E-state index contributed by atoms with van der Waals surface area (Å²) in [5, 5.41) is 9.34. The van der Waals surface area contributed by atoms with Crippen LogP contribution in [0.15, 0.2) is 0 Å². The van der Waals surface area contributed by atoms with Crippen molar-refractivity contribution in [3.63, 3.8) is 0 Å².